The maximum atomic E-state index is 5.57. The Hall–Kier alpha value is -1.87. The molecule has 0 radical (unpaired) electrons. The van der Waals surface area contributed by atoms with E-state index in [4.69, 9.17) is 12.2 Å². The highest BCUT2D eigenvalue weighted by Crippen LogP contribution is 2.38. The number of rotatable bonds is 3. The Morgan fingerprint density at radius 1 is 1.00 bits per heavy atom. The third-order valence-corrected chi connectivity index (χ3v) is 4.62. The second kappa shape index (κ2) is 6.49. The van der Waals surface area contributed by atoms with E-state index in [0.29, 0.717) is 5.11 Å². The lowest BCUT2D eigenvalue weighted by Gasteiger charge is -2.32. The van der Waals surface area contributed by atoms with E-state index in [1.807, 2.05) is 12.1 Å². The molecule has 1 aliphatic carbocycles. The van der Waals surface area contributed by atoms with Gasteiger partial charge >= 0.3 is 0 Å². The zero-order valence-electron chi connectivity index (χ0n) is 12.9. The summed E-state index contributed by atoms with van der Waals surface area (Å²) in [4.78, 5) is 0. The van der Waals surface area contributed by atoms with Crippen molar-refractivity contribution < 1.29 is 0 Å². The van der Waals surface area contributed by atoms with Crippen LogP contribution >= 0.6 is 12.2 Å². The SMILES string of the molecule is Cc1cccc(NC(=S)NC2(c3ccccc3)CCCC2)c1. The third-order valence-electron chi connectivity index (χ3n) is 4.41. The zero-order valence-corrected chi connectivity index (χ0v) is 13.7. The number of hydrogen-bond donors (Lipinski definition) is 2. The second-order valence-corrected chi connectivity index (χ2v) is 6.51. The number of nitrogens with one attached hydrogen (secondary N) is 2. The fourth-order valence-corrected chi connectivity index (χ4v) is 3.64. The highest BCUT2D eigenvalue weighted by atomic mass is 32.1. The minimum atomic E-state index is -0.0187. The molecule has 0 aromatic heterocycles. The zero-order chi connectivity index (χ0) is 15.4. The van der Waals surface area contributed by atoms with Gasteiger partial charge in [0.25, 0.3) is 0 Å². The van der Waals surface area contributed by atoms with Crippen molar-refractivity contribution >= 4 is 23.0 Å². The van der Waals surface area contributed by atoms with Crippen LogP contribution in [0.25, 0.3) is 0 Å². The van der Waals surface area contributed by atoms with E-state index in [1.165, 1.54) is 24.0 Å². The lowest BCUT2D eigenvalue weighted by Crippen LogP contribution is -2.45. The Kier molecular flexibility index (Phi) is 4.44. The van der Waals surface area contributed by atoms with Gasteiger partial charge < -0.3 is 10.6 Å². The summed E-state index contributed by atoms with van der Waals surface area (Å²) in [5.74, 6) is 0. The molecule has 2 N–H and O–H groups in total. The maximum Gasteiger partial charge on any atom is 0.171 e. The van der Waals surface area contributed by atoms with Gasteiger partial charge in [0.2, 0.25) is 0 Å². The van der Waals surface area contributed by atoms with E-state index in [2.05, 4.69) is 60.0 Å². The predicted octanol–water partition coefficient (Wildman–Crippen LogP) is 4.75. The summed E-state index contributed by atoms with van der Waals surface area (Å²) in [7, 11) is 0. The summed E-state index contributed by atoms with van der Waals surface area (Å²) in [5, 5.41) is 7.63. The summed E-state index contributed by atoms with van der Waals surface area (Å²) in [6, 6.07) is 19.0. The lowest BCUT2D eigenvalue weighted by molar-refractivity contribution is 0.408. The molecule has 2 aromatic rings. The van der Waals surface area contributed by atoms with Crippen molar-refractivity contribution in [2.75, 3.05) is 5.32 Å². The van der Waals surface area contributed by atoms with Crippen LogP contribution < -0.4 is 10.6 Å². The number of thiocarbonyl (C=S) groups is 1. The molecule has 22 heavy (non-hydrogen) atoms. The van der Waals surface area contributed by atoms with Gasteiger partial charge in [0.1, 0.15) is 0 Å². The van der Waals surface area contributed by atoms with Crippen molar-refractivity contribution in [3.05, 3.63) is 65.7 Å². The molecule has 0 heterocycles. The van der Waals surface area contributed by atoms with Gasteiger partial charge in [0.05, 0.1) is 5.54 Å². The van der Waals surface area contributed by atoms with Crippen LogP contribution in [0.5, 0.6) is 0 Å². The topological polar surface area (TPSA) is 24.1 Å². The molecule has 3 heteroatoms. The van der Waals surface area contributed by atoms with Crippen LogP contribution in [0, 0.1) is 6.92 Å². The molecule has 3 rings (SSSR count). The molecule has 0 aliphatic heterocycles. The Labute approximate surface area is 137 Å². The summed E-state index contributed by atoms with van der Waals surface area (Å²) < 4.78 is 0. The van der Waals surface area contributed by atoms with Crippen molar-refractivity contribution in [2.45, 2.75) is 38.1 Å². The van der Waals surface area contributed by atoms with Crippen molar-refractivity contribution in [3.8, 4) is 0 Å². The van der Waals surface area contributed by atoms with Crippen LogP contribution in [0.15, 0.2) is 54.6 Å². The molecule has 0 amide bonds. The van der Waals surface area contributed by atoms with Crippen LogP contribution in [0.4, 0.5) is 5.69 Å². The first kappa shape index (κ1) is 15.0. The van der Waals surface area contributed by atoms with E-state index in [9.17, 15) is 0 Å². The summed E-state index contributed by atoms with van der Waals surface area (Å²) in [6.45, 7) is 2.09. The van der Waals surface area contributed by atoms with Crippen molar-refractivity contribution in [1.29, 1.82) is 0 Å². The van der Waals surface area contributed by atoms with Gasteiger partial charge in [0.15, 0.2) is 5.11 Å². The van der Waals surface area contributed by atoms with E-state index in [-0.39, 0.29) is 5.54 Å². The van der Waals surface area contributed by atoms with Gasteiger partial charge in [-0.15, -0.1) is 0 Å². The quantitative estimate of drug-likeness (QED) is 0.800. The number of anilines is 1. The maximum absolute atomic E-state index is 5.57. The fraction of sp³-hybridized carbons (Fsp3) is 0.316. The highest BCUT2D eigenvalue weighted by molar-refractivity contribution is 7.80. The van der Waals surface area contributed by atoms with E-state index in [1.54, 1.807) is 0 Å². The molecule has 0 atom stereocenters. The normalized spacial score (nSPS) is 16.2. The molecular weight excluding hydrogens is 288 g/mol. The first-order valence-electron chi connectivity index (χ1n) is 7.89. The van der Waals surface area contributed by atoms with Gasteiger partial charge in [-0.1, -0.05) is 55.3 Å². The number of benzene rings is 2. The largest absolute Gasteiger partial charge is 0.353 e. The van der Waals surface area contributed by atoms with Crippen LogP contribution in [0.3, 0.4) is 0 Å². The molecule has 2 nitrogen and oxygen atoms in total. The summed E-state index contributed by atoms with van der Waals surface area (Å²) in [5.41, 5.74) is 3.58. The van der Waals surface area contributed by atoms with Gasteiger partial charge in [-0.3, -0.25) is 0 Å². The fourth-order valence-electron chi connectivity index (χ4n) is 3.32. The van der Waals surface area contributed by atoms with Crippen LogP contribution in [-0.4, -0.2) is 5.11 Å². The van der Waals surface area contributed by atoms with E-state index in [0.717, 1.165) is 18.5 Å². The average Bonchev–Trinajstić information content (AvgIpc) is 2.98. The van der Waals surface area contributed by atoms with Gasteiger partial charge in [-0.25, -0.2) is 0 Å². The average molecular weight is 310 g/mol. The van der Waals surface area contributed by atoms with E-state index >= 15 is 0 Å². The molecule has 1 saturated carbocycles. The molecule has 0 saturated heterocycles. The molecule has 2 aromatic carbocycles. The molecular formula is C19H22N2S. The summed E-state index contributed by atoms with van der Waals surface area (Å²) in [6.07, 6.45) is 4.75. The Morgan fingerprint density at radius 2 is 1.73 bits per heavy atom. The standard InChI is InChI=1S/C19H22N2S/c1-15-8-7-11-17(14-15)20-18(22)21-19(12-5-6-13-19)16-9-3-2-4-10-16/h2-4,7-11,14H,5-6,12-13H2,1H3,(H2,20,21,22). The Balaban J connectivity index is 1.76. The van der Waals surface area contributed by atoms with Gasteiger partial charge in [-0.05, 0) is 55.2 Å². The smallest absolute Gasteiger partial charge is 0.171 e. The minimum absolute atomic E-state index is 0.0187. The predicted molar refractivity (Wildman–Crippen MR) is 97.1 cm³/mol. The van der Waals surface area contributed by atoms with Crippen LogP contribution in [0.1, 0.15) is 36.8 Å². The first-order chi connectivity index (χ1) is 10.7. The molecule has 0 bridgehead atoms. The Bertz CT molecular complexity index is 645. The molecule has 1 aliphatic rings. The third kappa shape index (κ3) is 3.30. The Morgan fingerprint density at radius 3 is 2.41 bits per heavy atom. The van der Waals surface area contributed by atoms with Gasteiger partial charge in [-0.2, -0.15) is 0 Å². The summed E-state index contributed by atoms with van der Waals surface area (Å²) >= 11 is 5.57. The highest BCUT2D eigenvalue weighted by Gasteiger charge is 2.35. The van der Waals surface area contributed by atoms with Crippen molar-refractivity contribution in [3.63, 3.8) is 0 Å². The minimum Gasteiger partial charge on any atom is -0.353 e. The first-order valence-corrected chi connectivity index (χ1v) is 8.30. The monoisotopic (exact) mass is 310 g/mol. The van der Waals surface area contributed by atoms with Crippen LogP contribution in [-0.2, 0) is 5.54 Å². The number of hydrogen-bond acceptors (Lipinski definition) is 1. The van der Waals surface area contributed by atoms with E-state index < -0.39 is 0 Å². The molecule has 1 fully saturated rings. The van der Waals surface area contributed by atoms with Crippen molar-refractivity contribution in [2.24, 2.45) is 0 Å². The lowest BCUT2D eigenvalue weighted by atomic mass is 9.88. The molecule has 114 valence electrons. The second-order valence-electron chi connectivity index (χ2n) is 6.10. The van der Waals surface area contributed by atoms with Gasteiger partial charge in [0, 0.05) is 5.69 Å². The molecule has 0 unspecified atom stereocenters. The van der Waals surface area contributed by atoms with Crippen LogP contribution in [0.2, 0.25) is 0 Å². The van der Waals surface area contributed by atoms with Crippen molar-refractivity contribution in [1.82, 2.24) is 5.32 Å². The number of aryl methyl sites for hydroxylation is 1. The molecule has 0 spiro atoms.